The van der Waals surface area contributed by atoms with E-state index < -0.39 is 10.0 Å². The van der Waals surface area contributed by atoms with Crippen molar-refractivity contribution in [2.45, 2.75) is 42.8 Å². The first-order chi connectivity index (χ1) is 9.99. The van der Waals surface area contributed by atoms with Gasteiger partial charge in [-0.2, -0.15) is 0 Å². The lowest BCUT2D eigenvalue weighted by Gasteiger charge is -2.15. The van der Waals surface area contributed by atoms with Gasteiger partial charge in [-0.05, 0) is 42.2 Å². The van der Waals surface area contributed by atoms with Crippen LogP contribution in [0.25, 0.3) is 0 Å². The first-order valence-corrected chi connectivity index (χ1v) is 9.46. The number of furan rings is 1. The van der Waals surface area contributed by atoms with Crippen molar-refractivity contribution in [1.29, 1.82) is 0 Å². The lowest BCUT2D eigenvalue weighted by molar-refractivity contribution is 0.322. The molecule has 1 unspecified atom stereocenters. The third kappa shape index (κ3) is 3.50. The Morgan fingerprint density at radius 3 is 2.86 bits per heavy atom. The number of sulfonamides is 1. The molecule has 2 fully saturated rings. The summed E-state index contributed by atoms with van der Waals surface area (Å²) in [6, 6.07) is 2.24. The van der Waals surface area contributed by atoms with Gasteiger partial charge < -0.3 is 9.73 Å². The van der Waals surface area contributed by atoms with Crippen LogP contribution in [0.1, 0.15) is 25.0 Å². The van der Waals surface area contributed by atoms with Crippen LogP contribution in [-0.4, -0.2) is 45.5 Å². The molecule has 118 valence electrons. The Hall–Kier alpha value is -0.410. The second-order valence-corrected chi connectivity index (χ2v) is 8.12. The highest BCUT2D eigenvalue weighted by atomic mass is 79.9. The Morgan fingerprint density at radius 1 is 1.43 bits per heavy atom. The molecule has 2 heterocycles. The van der Waals surface area contributed by atoms with Gasteiger partial charge in [0, 0.05) is 31.2 Å². The first kappa shape index (κ1) is 15.5. The van der Waals surface area contributed by atoms with Crippen molar-refractivity contribution < 1.29 is 12.8 Å². The number of nitrogens with zero attached hydrogens (tertiary/aromatic N) is 1. The maximum atomic E-state index is 12.5. The quantitative estimate of drug-likeness (QED) is 0.780. The summed E-state index contributed by atoms with van der Waals surface area (Å²) in [5.41, 5.74) is 0. The minimum atomic E-state index is -3.55. The second kappa shape index (κ2) is 6.00. The highest BCUT2D eigenvalue weighted by molar-refractivity contribution is 9.10. The molecule has 0 aromatic carbocycles. The van der Waals surface area contributed by atoms with Gasteiger partial charge in [-0.25, -0.2) is 13.1 Å². The normalized spacial score (nSPS) is 23.8. The molecule has 21 heavy (non-hydrogen) atoms. The molecule has 1 saturated heterocycles. The topological polar surface area (TPSA) is 74.6 Å². The van der Waals surface area contributed by atoms with Crippen molar-refractivity contribution in [3.63, 3.8) is 0 Å². The van der Waals surface area contributed by atoms with E-state index in [0.717, 1.165) is 19.5 Å². The molecule has 1 aromatic rings. The van der Waals surface area contributed by atoms with Gasteiger partial charge in [0.2, 0.25) is 10.0 Å². The Morgan fingerprint density at radius 2 is 2.19 bits per heavy atom. The second-order valence-electron chi connectivity index (χ2n) is 5.71. The van der Waals surface area contributed by atoms with E-state index in [0.29, 0.717) is 18.3 Å². The third-order valence-corrected chi connectivity index (χ3v) is 6.33. The highest BCUT2D eigenvalue weighted by Gasteiger charge is 2.36. The summed E-state index contributed by atoms with van der Waals surface area (Å²) in [4.78, 5) is 2.56. The zero-order valence-corrected chi connectivity index (χ0v) is 14.3. The van der Waals surface area contributed by atoms with E-state index in [1.807, 2.05) is 0 Å². The van der Waals surface area contributed by atoms with Crippen LogP contribution < -0.4 is 10.0 Å². The molecule has 1 aliphatic carbocycles. The molecule has 3 rings (SSSR count). The maximum absolute atomic E-state index is 12.5. The van der Waals surface area contributed by atoms with Gasteiger partial charge in [-0.3, -0.25) is 4.90 Å². The predicted molar refractivity (Wildman–Crippen MR) is 82.5 cm³/mol. The zero-order chi connectivity index (χ0) is 15.0. The summed E-state index contributed by atoms with van der Waals surface area (Å²) < 4.78 is 33.4. The Labute approximate surface area is 133 Å². The fourth-order valence-electron chi connectivity index (χ4n) is 2.78. The van der Waals surface area contributed by atoms with E-state index >= 15 is 0 Å². The molecule has 0 bridgehead atoms. The van der Waals surface area contributed by atoms with E-state index in [1.165, 1.54) is 12.8 Å². The van der Waals surface area contributed by atoms with Crippen LogP contribution in [0, 0.1) is 0 Å². The number of nitrogens with one attached hydrogen (secondary N) is 2. The number of hydrogen-bond donors (Lipinski definition) is 2. The van der Waals surface area contributed by atoms with Crippen LogP contribution in [0.2, 0.25) is 0 Å². The van der Waals surface area contributed by atoms with E-state index in [1.54, 1.807) is 13.1 Å². The minimum Gasteiger partial charge on any atom is -0.452 e. The molecule has 0 spiro atoms. The molecule has 2 N–H and O–H groups in total. The van der Waals surface area contributed by atoms with Crippen molar-refractivity contribution in [2.75, 3.05) is 20.1 Å². The van der Waals surface area contributed by atoms with Crippen molar-refractivity contribution in [2.24, 2.45) is 0 Å². The Balaban J connectivity index is 1.68. The Kier molecular flexibility index (Phi) is 4.42. The zero-order valence-electron chi connectivity index (χ0n) is 11.9. The van der Waals surface area contributed by atoms with Gasteiger partial charge in [0.15, 0.2) is 4.67 Å². The van der Waals surface area contributed by atoms with E-state index in [4.69, 9.17) is 4.42 Å². The van der Waals surface area contributed by atoms with Crippen molar-refractivity contribution in [3.8, 4) is 0 Å². The van der Waals surface area contributed by atoms with Crippen LogP contribution >= 0.6 is 15.9 Å². The molecule has 0 radical (unpaired) electrons. The van der Waals surface area contributed by atoms with Crippen LogP contribution in [-0.2, 0) is 16.6 Å². The highest BCUT2D eigenvalue weighted by Crippen LogP contribution is 2.31. The fraction of sp³-hybridized carbons (Fsp3) is 0.692. The molecule has 1 saturated carbocycles. The predicted octanol–water partition coefficient (Wildman–Crippen LogP) is 1.28. The number of hydrogen-bond acceptors (Lipinski definition) is 5. The number of rotatable bonds is 6. The molecule has 6 nitrogen and oxygen atoms in total. The van der Waals surface area contributed by atoms with Crippen molar-refractivity contribution >= 4 is 26.0 Å². The van der Waals surface area contributed by atoms with Gasteiger partial charge in [0.05, 0.1) is 6.54 Å². The van der Waals surface area contributed by atoms with Crippen molar-refractivity contribution in [1.82, 2.24) is 14.9 Å². The van der Waals surface area contributed by atoms with Gasteiger partial charge in [-0.1, -0.05) is 0 Å². The van der Waals surface area contributed by atoms with E-state index in [-0.39, 0.29) is 15.6 Å². The van der Waals surface area contributed by atoms with Gasteiger partial charge in [-0.15, -0.1) is 0 Å². The summed E-state index contributed by atoms with van der Waals surface area (Å²) >= 11 is 3.19. The number of halogens is 1. The monoisotopic (exact) mass is 377 g/mol. The van der Waals surface area contributed by atoms with Crippen molar-refractivity contribution in [3.05, 3.63) is 16.5 Å². The molecule has 8 heteroatoms. The summed E-state index contributed by atoms with van der Waals surface area (Å²) in [6.45, 7) is 2.28. The molecule has 0 amide bonds. The fourth-order valence-corrected chi connectivity index (χ4v) is 5.04. The standard InChI is InChI=1S/C13H20BrN3O3S/c1-15-7-11-6-12(13(14)20-11)21(18,19)16-9-4-5-17(8-9)10-2-3-10/h6,9-10,15-16H,2-5,7-8H2,1H3. The van der Waals surface area contributed by atoms with Gasteiger partial charge in [0.1, 0.15) is 10.7 Å². The molecular formula is C13H20BrN3O3S. The van der Waals surface area contributed by atoms with E-state index in [2.05, 4.69) is 30.9 Å². The summed E-state index contributed by atoms with van der Waals surface area (Å²) in [7, 11) is -1.76. The van der Waals surface area contributed by atoms with Crippen LogP contribution in [0.5, 0.6) is 0 Å². The number of likely N-dealkylation sites (tertiary alicyclic amines) is 1. The van der Waals surface area contributed by atoms with Crippen LogP contribution in [0.4, 0.5) is 0 Å². The SMILES string of the molecule is CNCc1cc(S(=O)(=O)NC2CCN(C3CC3)C2)c(Br)o1. The van der Waals surface area contributed by atoms with Crippen LogP contribution in [0.15, 0.2) is 20.0 Å². The molecule has 2 aliphatic rings. The molecule has 1 aromatic heterocycles. The maximum Gasteiger partial charge on any atom is 0.245 e. The Bertz CT molecular complexity index is 612. The lowest BCUT2D eigenvalue weighted by Crippen LogP contribution is -2.37. The molecule has 1 aliphatic heterocycles. The smallest absolute Gasteiger partial charge is 0.245 e. The summed E-state index contributed by atoms with van der Waals surface area (Å²) in [6.07, 6.45) is 3.37. The van der Waals surface area contributed by atoms with Gasteiger partial charge >= 0.3 is 0 Å². The third-order valence-electron chi connectivity index (χ3n) is 3.95. The molecular weight excluding hydrogens is 358 g/mol. The largest absolute Gasteiger partial charge is 0.452 e. The van der Waals surface area contributed by atoms with Crippen LogP contribution in [0.3, 0.4) is 0 Å². The first-order valence-electron chi connectivity index (χ1n) is 7.19. The average molecular weight is 378 g/mol. The lowest BCUT2D eigenvalue weighted by atomic mass is 10.3. The van der Waals surface area contributed by atoms with Gasteiger partial charge in [0.25, 0.3) is 0 Å². The molecule has 1 atom stereocenters. The average Bonchev–Trinajstić information content (AvgIpc) is 3.05. The summed E-state index contributed by atoms with van der Waals surface area (Å²) in [5, 5.41) is 2.94. The minimum absolute atomic E-state index is 0.00912. The summed E-state index contributed by atoms with van der Waals surface area (Å²) in [5.74, 6) is 0.593. The van der Waals surface area contributed by atoms with E-state index in [9.17, 15) is 8.42 Å².